The number of furan rings is 1. The smallest absolute Gasteiger partial charge is 0.289 e. The molecule has 0 aliphatic carbocycles. The second-order valence-electron chi connectivity index (χ2n) is 6.78. The summed E-state index contributed by atoms with van der Waals surface area (Å²) in [7, 11) is 1.96. The minimum Gasteiger partial charge on any atom is -0.453 e. The molecule has 9 heteroatoms. The van der Waals surface area contributed by atoms with Crippen LogP contribution in [0.3, 0.4) is 0 Å². The molecule has 1 atom stereocenters. The molecule has 1 aliphatic rings. The Hall–Kier alpha value is -2.94. The Kier molecular flexibility index (Phi) is 4.76. The van der Waals surface area contributed by atoms with Gasteiger partial charge in [-0.15, -0.1) is 10.2 Å². The van der Waals surface area contributed by atoms with E-state index in [0.717, 1.165) is 24.5 Å². The summed E-state index contributed by atoms with van der Waals surface area (Å²) in [6.07, 6.45) is 7.23. The van der Waals surface area contributed by atoms with E-state index in [2.05, 4.69) is 15.2 Å². The number of hydrogen-bond donors (Lipinski definition) is 1. The fourth-order valence-electron chi connectivity index (χ4n) is 3.52. The second kappa shape index (κ2) is 7.36. The maximum Gasteiger partial charge on any atom is 0.289 e. The van der Waals surface area contributed by atoms with E-state index in [4.69, 9.17) is 9.52 Å². The van der Waals surface area contributed by atoms with Crippen LogP contribution in [0, 0.1) is 0 Å². The number of aliphatic hydroxyl groups is 1. The van der Waals surface area contributed by atoms with Gasteiger partial charge in [0, 0.05) is 38.4 Å². The summed E-state index contributed by atoms with van der Waals surface area (Å²) in [4.78, 5) is 18.5. The van der Waals surface area contributed by atoms with E-state index in [0.29, 0.717) is 25.4 Å². The van der Waals surface area contributed by atoms with Crippen molar-refractivity contribution in [1.29, 1.82) is 0 Å². The molecule has 3 aromatic rings. The van der Waals surface area contributed by atoms with Crippen molar-refractivity contribution in [1.82, 2.24) is 29.2 Å². The van der Waals surface area contributed by atoms with E-state index in [1.54, 1.807) is 29.6 Å². The second-order valence-corrected chi connectivity index (χ2v) is 6.78. The van der Waals surface area contributed by atoms with Gasteiger partial charge in [-0.3, -0.25) is 4.79 Å². The number of imidazole rings is 1. The summed E-state index contributed by atoms with van der Waals surface area (Å²) in [6, 6.07) is 3.24. The van der Waals surface area contributed by atoms with Crippen LogP contribution < -0.4 is 0 Å². The molecule has 9 nitrogen and oxygen atoms in total. The van der Waals surface area contributed by atoms with Crippen molar-refractivity contribution >= 4 is 5.91 Å². The lowest BCUT2D eigenvalue weighted by molar-refractivity contribution is 0.0666. The topological polar surface area (TPSA) is 102 Å². The zero-order chi connectivity index (χ0) is 18.8. The third kappa shape index (κ3) is 3.50. The molecule has 27 heavy (non-hydrogen) atoms. The Morgan fingerprint density at radius 2 is 2.26 bits per heavy atom. The van der Waals surface area contributed by atoms with Crippen LogP contribution in [0.1, 0.15) is 46.7 Å². The lowest BCUT2D eigenvalue weighted by Gasteiger charge is -2.31. The van der Waals surface area contributed by atoms with E-state index in [-0.39, 0.29) is 24.2 Å². The van der Waals surface area contributed by atoms with Crippen LogP contribution in [0.2, 0.25) is 0 Å². The first kappa shape index (κ1) is 17.5. The van der Waals surface area contributed by atoms with Gasteiger partial charge in [0.2, 0.25) is 0 Å². The van der Waals surface area contributed by atoms with Crippen molar-refractivity contribution in [2.45, 2.75) is 31.9 Å². The minimum atomic E-state index is -0.214. The van der Waals surface area contributed by atoms with E-state index in [9.17, 15) is 4.79 Å². The third-order valence-corrected chi connectivity index (χ3v) is 4.98. The molecule has 4 heterocycles. The molecule has 1 N–H and O–H groups in total. The van der Waals surface area contributed by atoms with E-state index >= 15 is 0 Å². The molecule has 0 saturated carbocycles. The summed E-state index contributed by atoms with van der Waals surface area (Å²) in [5, 5.41) is 17.8. The molecule has 0 bridgehead atoms. The number of aliphatic hydroxyl groups excluding tert-OH is 1. The number of likely N-dealkylation sites (tertiary alicyclic amines) is 1. The maximum absolute atomic E-state index is 12.7. The van der Waals surface area contributed by atoms with Gasteiger partial charge >= 0.3 is 0 Å². The summed E-state index contributed by atoms with van der Waals surface area (Å²) >= 11 is 0. The van der Waals surface area contributed by atoms with Crippen LogP contribution >= 0.6 is 0 Å². The largest absolute Gasteiger partial charge is 0.453 e. The molecule has 142 valence electrons. The average molecular weight is 370 g/mol. The molecule has 1 amide bonds. The van der Waals surface area contributed by atoms with Gasteiger partial charge in [-0.25, -0.2) is 4.98 Å². The van der Waals surface area contributed by atoms with Crippen LogP contribution in [0.5, 0.6) is 0 Å². The molecule has 1 fully saturated rings. The minimum absolute atomic E-state index is 0.129. The molecular formula is C18H22N6O3. The van der Waals surface area contributed by atoms with Gasteiger partial charge < -0.3 is 23.6 Å². The number of hydrogen-bond acceptors (Lipinski definition) is 6. The summed E-state index contributed by atoms with van der Waals surface area (Å²) < 4.78 is 9.35. The first-order chi connectivity index (χ1) is 13.2. The third-order valence-electron chi connectivity index (χ3n) is 4.98. The van der Waals surface area contributed by atoms with Crippen molar-refractivity contribution < 1.29 is 14.3 Å². The van der Waals surface area contributed by atoms with Gasteiger partial charge in [0.05, 0.1) is 12.9 Å². The monoisotopic (exact) mass is 370 g/mol. The summed E-state index contributed by atoms with van der Waals surface area (Å²) in [6.45, 7) is 1.65. The standard InChI is InChI=1S/C18H22N6O3/c1-22-16(10-23-8-6-19-12-23)20-21-17(22)13-3-2-7-24(9-13)18(26)15-5-4-14(11-25)27-15/h4-6,8,12-13,25H,2-3,7,9-11H2,1H3/t13-/m0/s1. The zero-order valence-corrected chi connectivity index (χ0v) is 15.2. The molecular weight excluding hydrogens is 348 g/mol. The number of piperidine rings is 1. The average Bonchev–Trinajstić information content (AvgIpc) is 3.44. The Labute approximate surface area is 156 Å². The van der Waals surface area contributed by atoms with Crippen molar-refractivity contribution in [2.24, 2.45) is 7.05 Å². The molecule has 0 spiro atoms. The Bertz CT molecular complexity index is 914. The Morgan fingerprint density at radius 1 is 1.37 bits per heavy atom. The van der Waals surface area contributed by atoms with Crippen LogP contribution in [0.25, 0.3) is 0 Å². The molecule has 0 radical (unpaired) electrons. The van der Waals surface area contributed by atoms with Gasteiger partial charge in [0.25, 0.3) is 5.91 Å². The SMILES string of the molecule is Cn1c(Cn2ccnc2)nnc1[C@H]1CCCN(C(=O)c2ccc(CO)o2)C1. The summed E-state index contributed by atoms with van der Waals surface area (Å²) in [5.41, 5.74) is 0. The molecule has 1 saturated heterocycles. The molecule has 3 aromatic heterocycles. The zero-order valence-electron chi connectivity index (χ0n) is 15.2. The molecule has 0 aromatic carbocycles. The van der Waals surface area contributed by atoms with Crippen molar-refractivity contribution in [3.05, 3.63) is 54.0 Å². The predicted octanol–water partition coefficient (Wildman–Crippen LogP) is 1.17. The molecule has 4 rings (SSSR count). The lowest BCUT2D eigenvalue weighted by atomic mass is 9.97. The number of amides is 1. The van der Waals surface area contributed by atoms with Crippen molar-refractivity contribution in [2.75, 3.05) is 13.1 Å². The Balaban J connectivity index is 1.48. The number of carbonyl (C=O) groups excluding carboxylic acids is 1. The van der Waals surface area contributed by atoms with Crippen molar-refractivity contribution in [3.8, 4) is 0 Å². The number of nitrogens with zero attached hydrogens (tertiary/aromatic N) is 6. The maximum atomic E-state index is 12.7. The predicted molar refractivity (Wildman–Crippen MR) is 94.8 cm³/mol. The van der Waals surface area contributed by atoms with Gasteiger partial charge in [0.15, 0.2) is 11.6 Å². The lowest BCUT2D eigenvalue weighted by Crippen LogP contribution is -2.39. The fraction of sp³-hybridized carbons (Fsp3) is 0.444. The highest BCUT2D eigenvalue weighted by atomic mass is 16.4. The van der Waals surface area contributed by atoms with Gasteiger partial charge in [0.1, 0.15) is 18.2 Å². The highest BCUT2D eigenvalue weighted by Gasteiger charge is 2.30. The van der Waals surface area contributed by atoms with Gasteiger partial charge in [-0.05, 0) is 25.0 Å². The van der Waals surface area contributed by atoms with Crippen LogP contribution in [0.4, 0.5) is 0 Å². The first-order valence-corrected chi connectivity index (χ1v) is 8.98. The number of carbonyl (C=O) groups is 1. The van der Waals surface area contributed by atoms with E-state index in [1.165, 1.54) is 0 Å². The van der Waals surface area contributed by atoms with Crippen LogP contribution in [0.15, 0.2) is 35.3 Å². The summed E-state index contributed by atoms with van der Waals surface area (Å²) in [5.74, 6) is 2.37. The van der Waals surface area contributed by atoms with E-state index < -0.39 is 0 Å². The van der Waals surface area contributed by atoms with Gasteiger partial charge in [-0.1, -0.05) is 0 Å². The normalized spacial score (nSPS) is 17.4. The van der Waals surface area contributed by atoms with Gasteiger partial charge in [-0.2, -0.15) is 0 Å². The first-order valence-electron chi connectivity index (χ1n) is 8.98. The molecule has 1 aliphatic heterocycles. The fourth-order valence-corrected chi connectivity index (χ4v) is 3.52. The number of rotatable bonds is 5. The van der Waals surface area contributed by atoms with Crippen LogP contribution in [-0.2, 0) is 20.2 Å². The highest BCUT2D eigenvalue weighted by molar-refractivity contribution is 5.91. The number of aromatic nitrogens is 5. The molecule has 0 unspecified atom stereocenters. The van der Waals surface area contributed by atoms with Crippen molar-refractivity contribution in [3.63, 3.8) is 0 Å². The highest BCUT2D eigenvalue weighted by Crippen LogP contribution is 2.27. The van der Waals surface area contributed by atoms with E-state index in [1.807, 2.05) is 22.4 Å². The quantitative estimate of drug-likeness (QED) is 0.723. The van der Waals surface area contributed by atoms with Crippen LogP contribution in [-0.4, -0.2) is 53.3 Å². The Morgan fingerprint density at radius 3 is 3.00 bits per heavy atom.